The first kappa shape index (κ1) is 13.3. The molecule has 1 aliphatic rings. The largest absolute Gasteiger partial charge is 0.461 e. The van der Waals surface area contributed by atoms with E-state index in [0.29, 0.717) is 12.0 Å². The van der Waals surface area contributed by atoms with Crippen molar-refractivity contribution < 1.29 is 23.8 Å². The van der Waals surface area contributed by atoms with E-state index in [2.05, 4.69) is 6.58 Å². The van der Waals surface area contributed by atoms with Gasteiger partial charge in [-0.15, -0.1) is 0 Å². The van der Waals surface area contributed by atoms with Crippen LogP contribution in [0.4, 0.5) is 0 Å². The first-order chi connectivity index (χ1) is 8.03. The summed E-state index contributed by atoms with van der Waals surface area (Å²) in [5.41, 5.74) is -0.0618. The highest BCUT2D eigenvalue weighted by molar-refractivity contribution is 5.86. The van der Waals surface area contributed by atoms with Crippen LogP contribution in [-0.4, -0.2) is 31.7 Å². The van der Waals surface area contributed by atoms with E-state index < -0.39 is 11.4 Å². The van der Waals surface area contributed by atoms with Crippen LogP contribution in [-0.2, 0) is 23.8 Å². The second-order valence-electron chi connectivity index (χ2n) is 4.18. The van der Waals surface area contributed by atoms with Crippen molar-refractivity contribution in [3.05, 3.63) is 18.1 Å². The van der Waals surface area contributed by atoms with Gasteiger partial charge >= 0.3 is 11.9 Å². The number of esters is 1. The zero-order valence-electron chi connectivity index (χ0n) is 10.1. The molecule has 0 unspecified atom stereocenters. The lowest BCUT2D eigenvalue weighted by atomic mass is 9.87. The van der Waals surface area contributed by atoms with Crippen LogP contribution in [0.1, 0.15) is 20.3 Å². The van der Waals surface area contributed by atoms with Crippen molar-refractivity contribution in [1.82, 2.24) is 0 Å². The maximum absolute atomic E-state index is 11.3. The quantitative estimate of drug-likeness (QED) is 0.420. The van der Waals surface area contributed by atoms with Gasteiger partial charge < -0.3 is 14.2 Å². The summed E-state index contributed by atoms with van der Waals surface area (Å²) in [6.07, 6.45) is 0.711. The highest BCUT2D eigenvalue weighted by Gasteiger charge is 2.36. The molecule has 5 nitrogen and oxygen atoms in total. The third kappa shape index (κ3) is 3.36. The molecule has 0 aromatic rings. The molecule has 1 aliphatic heterocycles. The van der Waals surface area contributed by atoms with Crippen molar-refractivity contribution in [2.45, 2.75) is 20.3 Å². The Bertz CT molecular complexity index is 355. The van der Waals surface area contributed by atoms with Crippen molar-refractivity contribution in [2.24, 2.45) is 5.41 Å². The first-order valence-electron chi connectivity index (χ1n) is 5.36. The Labute approximate surface area is 100 Å². The fraction of sp³-hybridized carbons (Fsp3) is 0.583. The molecule has 1 saturated heterocycles. The molecular weight excluding hydrogens is 224 g/mol. The standard InChI is InChI=1S/C12H16O5/c1-4-12(8-17-11(14)9(2)3)6-15-10(5-13)16-7-12/h2,4,6-8H2,1,3H3. The van der Waals surface area contributed by atoms with Gasteiger partial charge in [0, 0.05) is 5.57 Å². The summed E-state index contributed by atoms with van der Waals surface area (Å²) in [6.45, 7) is 7.76. The van der Waals surface area contributed by atoms with Crippen LogP contribution in [0, 0.1) is 5.41 Å². The molecule has 1 fully saturated rings. The topological polar surface area (TPSA) is 61.8 Å². The summed E-state index contributed by atoms with van der Waals surface area (Å²) in [7, 11) is 0. The lowest BCUT2D eigenvalue weighted by Crippen LogP contribution is -2.41. The molecule has 0 saturated carbocycles. The van der Waals surface area contributed by atoms with Gasteiger partial charge in [-0.1, -0.05) is 13.5 Å². The lowest BCUT2D eigenvalue weighted by Gasteiger charge is -2.35. The number of hydrogen-bond donors (Lipinski definition) is 0. The normalized spacial score (nSPS) is 23.1. The Morgan fingerprint density at radius 1 is 1.53 bits per heavy atom. The van der Waals surface area contributed by atoms with Gasteiger partial charge in [-0.25, -0.2) is 9.59 Å². The molecule has 0 radical (unpaired) electrons. The SMILES string of the molecule is C=C(C)C(=O)OCC1(CC)COC(=C=O)OC1. The number of carbonyl (C=O) groups is 1. The van der Waals surface area contributed by atoms with E-state index in [4.69, 9.17) is 14.2 Å². The van der Waals surface area contributed by atoms with E-state index >= 15 is 0 Å². The minimum absolute atomic E-state index is 0.139. The Morgan fingerprint density at radius 3 is 2.53 bits per heavy atom. The fourth-order valence-electron chi connectivity index (χ4n) is 1.31. The van der Waals surface area contributed by atoms with E-state index in [0.717, 1.165) is 0 Å². The zero-order valence-corrected chi connectivity index (χ0v) is 10.1. The smallest absolute Gasteiger partial charge is 0.369 e. The van der Waals surface area contributed by atoms with Gasteiger partial charge in [-0.05, 0) is 13.3 Å². The summed E-state index contributed by atoms with van der Waals surface area (Å²) in [5.74, 6) is 0.975. The average Bonchev–Trinajstić information content (AvgIpc) is 2.36. The molecule has 1 rings (SSSR count). The van der Waals surface area contributed by atoms with Gasteiger partial charge in [0.1, 0.15) is 19.8 Å². The third-order valence-corrected chi connectivity index (χ3v) is 2.71. The van der Waals surface area contributed by atoms with Gasteiger partial charge in [0.15, 0.2) is 0 Å². The van der Waals surface area contributed by atoms with Gasteiger partial charge in [-0.3, -0.25) is 0 Å². The summed E-state index contributed by atoms with van der Waals surface area (Å²) < 4.78 is 15.3. The molecule has 0 aromatic heterocycles. The van der Waals surface area contributed by atoms with Gasteiger partial charge in [0.2, 0.25) is 5.94 Å². The molecule has 0 N–H and O–H groups in total. The summed E-state index contributed by atoms with van der Waals surface area (Å²) in [5, 5.41) is 0. The van der Waals surface area contributed by atoms with Crippen molar-refractivity contribution in [3.63, 3.8) is 0 Å². The van der Waals surface area contributed by atoms with Gasteiger partial charge in [-0.2, -0.15) is 0 Å². The molecule has 1 heterocycles. The average molecular weight is 240 g/mol. The van der Waals surface area contributed by atoms with Crippen LogP contribution in [0.3, 0.4) is 0 Å². The summed E-state index contributed by atoms with van der Waals surface area (Å²) in [4.78, 5) is 21.6. The number of hydrogen-bond acceptors (Lipinski definition) is 5. The predicted octanol–water partition coefficient (Wildman–Crippen LogP) is 1.22. The zero-order chi connectivity index (χ0) is 12.9. The molecule has 17 heavy (non-hydrogen) atoms. The molecule has 0 amide bonds. The van der Waals surface area contributed by atoms with Gasteiger partial charge in [0.25, 0.3) is 0 Å². The van der Waals surface area contributed by atoms with Crippen molar-refractivity contribution in [1.29, 1.82) is 0 Å². The van der Waals surface area contributed by atoms with E-state index in [-0.39, 0.29) is 25.8 Å². The van der Waals surface area contributed by atoms with Crippen LogP contribution in [0.2, 0.25) is 0 Å². The van der Waals surface area contributed by atoms with Crippen LogP contribution in [0.15, 0.2) is 18.1 Å². The minimum atomic E-state index is -0.436. The van der Waals surface area contributed by atoms with E-state index in [9.17, 15) is 9.59 Å². The van der Waals surface area contributed by atoms with E-state index in [1.165, 1.54) is 0 Å². The van der Waals surface area contributed by atoms with Crippen LogP contribution < -0.4 is 0 Å². The molecule has 0 aliphatic carbocycles. The van der Waals surface area contributed by atoms with Crippen molar-refractivity contribution >= 4 is 11.9 Å². The monoisotopic (exact) mass is 240 g/mol. The summed E-state index contributed by atoms with van der Waals surface area (Å²) in [6, 6.07) is 0. The fourth-order valence-corrected chi connectivity index (χ4v) is 1.31. The van der Waals surface area contributed by atoms with Crippen molar-refractivity contribution in [3.8, 4) is 0 Å². The molecule has 0 spiro atoms. The van der Waals surface area contributed by atoms with Crippen LogP contribution in [0.25, 0.3) is 0 Å². The molecular formula is C12H16O5. The van der Waals surface area contributed by atoms with Crippen LogP contribution >= 0.6 is 0 Å². The maximum atomic E-state index is 11.3. The lowest BCUT2D eigenvalue weighted by molar-refractivity contribution is -0.155. The summed E-state index contributed by atoms with van der Waals surface area (Å²) >= 11 is 0. The number of rotatable bonds is 4. The maximum Gasteiger partial charge on any atom is 0.369 e. The third-order valence-electron chi connectivity index (χ3n) is 2.71. The molecule has 0 atom stereocenters. The molecule has 5 heteroatoms. The second kappa shape index (κ2) is 5.55. The van der Waals surface area contributed by atoms with Crippen molar-refractivity contribution in [2.75, 3.05) is 19.8 Å². The molecule has 0 bridgehead atoms. The predicted molar refractivity (Wildman–Crippen MR) is 59.6 cm³/mol. The van der Waals surface area contributed by atoms with E-state index in [1.54, 1.807) is 12.9 Å². The van der Waals surface area contributed by atoms with E-state index in [1.807, 2.05) is 6.92 Å². The van der Waals surface area contributed by atoms with Gasteiger partial charge in [0.05, 0.1) is 5.41 Å². The Hall–Kier alpha value is -1.74. The molecule has 0 aromatic carbocycles. The number of ether oxygens (including phenoxy) is 3. The Balaban J connectivity index is 2.56. The number of carbonyl (C=O) groups excluding carboxylic acids is 2. The Kier molecular flexibility index (Phi) is 4.35. The second-order valence-corrected chi connectivity index (χ2v) is 4.18. The first-order valence-corrected chi connectivity index (χ1v) is 5.36. The molecule has 94 valence electrons. The highest BCUT2D eigenvalue weighted by Crippen LogP contribution is 2.29. The highest BCUT2D eigenvalue weighted by atomic mass is 16.7. The van der Waals surface area contributed by atoms with Crippen LogP contribution in [0.5, 0.6) is 0 Å². The Morgan fingerprint density at radius 2 is 2.12 bits per heavy atom. The minimum Gasteiger partial charge on any atom is -0.461 e.